The average Bonchev–Trinajstić information content (AvgIpc) is 2.60. The number of rotatable bonds is 4. The SMILES string of the molecule is Cc1cc2c(cc1F)CCN(Cc1ccc(NS(=O)(=O)C(F)(F)F)cc1)C2=O. The molecule has 2 aromatic carbocycles. The number of halogens is 4. The normalized spacial score (nSPS) is 14.8. The van der Waals surface area contributed by atoms with Gasteiger partial charge in [-0.2, -0.15) is 21.6 Å². The zero-order chi connectivity index (χ0) is 20.7. The van der Waals surface area contributed by atoms with E-state index >= 15 is 0 Å². The Balaban J connectivity index is 1.73. The Bertz CT molecular complexity index is 1020. The van der Waals surface area contributed by atoms with Gasteiger partial charge < -0.3 is 4.90 Å². The summed E-state index contributed by atoms with van der Waals surface area (Å²) in [6.07, 6.45) is 0.488. The molecule has 2 aromatic rings. The number of hydrogen-bond acceptors (Lipinski definition) is 3. The summed E-state index contributed by atoms with van der Waals surface area (Å²) in [5.41, 5.74) is -3.58. The minimum absolute atomic E-state index is 0.195. The van der Waals surface area contributed by atoms with Crippen LogP contribution in [0, 0.1) is 12.7 Å². The van der Waals surface area contributed by atoms with Crippen LogP contribution in [0.1, 0.15) is 27.0 Å². The second-order valence-electron chi connectivity index (χ2n) is 6.48. The molecule has 0 aromatic heterocycles. The molecule has 1 aliphatic heterocycles. The molecular formula is C18H16F4N2O3S. The van der Waals surface area contributed by atoms with Gasteiger partial charge in [-0.05, 0) is 54.3 Å². The summed E-state index contributed by atoms with van der Waals surface area (Å²) in [7, 11) is -5.49. The number of aryl methyl sites for hydroxylation is 1. The summed E-state index contributed by atoms with van der Waals surface area (Å²) >= 11 is 0. The molecule has 10 heteroatoms. The number of carbonyl (C=O) groups excluding carboxylic acids is 1. The van der Waals surface area contributed by atoms with Crippen molar-refractivity contribution in [1.82, 2.24) is 4.90 Å². The Kier molecular flexibility index (Phi) is 5.09. The predicted octanol–water partition coefficient (Wildman–Crippen LogP) is 3.59. The van der Waals surface area contributed by atoms with Gasteiger partial charge in [-0.1, -0.05) is 12.1 Å². The highest BCUT2D eigenvalue weighted by Crippen LogP contribution is 2.26. The van der Waals surface area contributed by atoms with Crippen LogP contribution in [-0.2, 0) is 23.0 Å². The largest absolute Gasteiger partial charge is 0.516 e. The van der Waals surface area contributed by atoms with Gasteiger partial charge in [-0.15, -0.1) is 0 Å². The number of carbonyl (C=O) groups is 1. The van der Waals surface area contributed by atoms with E-state index in [1.807, 2.05) is 0 Å². The van der Waals surface area contributed by atoms with E-state index < -0.39 is 15.5 Å². The molecule has 5 nitrogen and oxygen atoms in total. The molecule has 3 rings (SSSR count). The summed E-state index contributed by atoms with van der Waals surface area (Å²) in [4.78, 5) is 14.2. The highest BCUT2D eigenvalue weighted by atomic mass is 32.2. The number of fused-ring (bicyclic) bond motifs is 1. The molecule has 0 unspecified atom stereocenters. The molecule has 0 aliphatic carbocycles. The number of anilines is 1. The van der Waals surface area contributed by atoms with Gasteiger partial charge in [0.25, 0.3) is 5.91 Å². The molecule has 0 saturated carbocycles. The van der Waals surface area contributed by atoms with Crippen LogP contribution in [0.15, 0.2) is 36.4 Å². The fourth-order valence-corrected chi connectivity index (χ4v) is 3.48. The molecule has 28 heavy (non-hydrogen) atoms. The Labute approximate surface area is 159 Å². The van der Waals surface area contributed by atoms with E-state index in [9.17, 15) is 30.8 Å². The zero-order valence-electron chi connectivity index (χ0n) is 14.7. The van der Waals surface area contributed by atoms with Crippen LogP contribution in [0.5, 0.6) is 0 Å². The Hall–Kier alpha value is -2.62. The first-order valence-corrected chi connectivity index (χ1v) is 9.72. The number of alkyl halides is 3. The van der Waals surface area contributed by atoms with E-state index in [1.165, 1.54) is 41.1 Å². The van der Waals surface area contributed by atoms with Crippen LogP contribution < -0.4 is 4.72 Å². The number of nitrogens with zero attached hydrogens (tertiary/aromatic N) is 1. The van der Waals surface area contributed by atoms with Crippen molar-refractivity contribution in [2.24, 2.45) is 0 Å². The lowest BCUT2D eigenvalue weighted by molar-refractivity contribution is -0.0429. The van der Waals surface area contributed by atoms with Crippen LogP contribution >= 0.6 is 0 Å². The van der Waals surface area contributed by atoms with Gasteiger partial charge in [0.05, 0.1) is 0 Å². The van der Waals surface area contributed by atoms with Gasteiger partial charge >= 0.3 is 15.5 Å². The minimum Gasteiger partial charge on any atom is -0.334 e. The maximum absolute atomic E-state index is 13.7. The fourth-order valence-electron chi connectivity index (χ4n) is 2.92. The van der Waals surface area contributed by atoms with Crippen LogP contribution in [0.25, 0.3) is 0 Å². The second kappa shape index (κ2) is 7.08. The average molecular weight is 416 g/mol. The standard InChI is InChI=1S/C18H16F4N2O3S/c1-11-8-15-13(9-16(11)19)6-7-24(17(15)25)10-12-2-4-14(5-3-12)23-28(26,27)18(20,21)22/h2-5,8-9,23H,6-7,10H2,1H3. The predicted molar refractivity (Wildman–Crippen MR) is 94.6 cm³/mol. The lowest BCUT2D eigenvalue weighted by Gasteiger charge is -2.29. The molecular weight excluding hydrogens is 400 g/mol. The minimum atomic E-state index is -5.49. The first kappa shape index (κ1) is 20.1. The van der Waals surface area contributed by atoms with Gasteiger partial charge in [0.2, 0.25) is 0 Å². The summed E-state index contributed by atoms with van der Waals surface area (Å²) in [5, 5.41) is 0. The fraction of sp³-hybridized carbons (Fsp3) is 0.278. The van der Waals surface area contributed by atoms with E-state index in [4.69, 9.17) is 0 Å². The maximum Gasteiger partial charge on any atom is 0.516 e. The smallest absolute Gasteiger partial charge is 0.334 e. The molecule has 0 bridgehead atoms. The van der Waals surface area contributed by atoms with Gasteiger partial charge in [0.1, 0.15) is 5.82 Å². The van der Waals surface area contributed by atoms with E-state index in [0.29, 0.717) is 35.2 Å². The van der Waals surface area contributed by atoms with Crippen molar-refractivity contribution in [2.45, 2.75) is 25.4 Å². The molecule has 150 valence electrons. The van der Waals surface area contributed by atoms with Crippen molar-refractivity contribution < 1.29 is 30.8 Å². The first-order valence-electron chi connectivity index (χ1n) is 8.24. The molecule has 1 aliphatic rings. The quantitative estimate of drug-likeness (QED) is 0.775. The number of amides is 1. The van der Waals surface area contributed by atoms with Crippen molar-refractivity contribution >= 4 is 21.6 Å². The third kappa shape index (κ3) is 3.96. The van der Waals surface area contributed by atoms with E-state index in [-0.39, 0.29) is 24.0 Å². The van der Waals surface area contributed by atoms with Gasteiger partial charge in [-0.25, -0.2) is 4.39 Å². The lowest BCUT2D eigenvalue weighted by Crippen LogP contribution is -2.37. The molecule has 0 saturated heterocycles. The van der Waals surface area contributed by atoms with E-state index in [0.717, 1.165) is 0 Å². The third-order valence-corrected chi connectivity index (χ3v) is 5.55. The Morgan fingerprint density at radius 2 is 1.79 bits per heavy atom. The van der Waals surface area contributed by atoms with Crippen molar-refractivity contribution in [2.75, 3.05) is 11.3 Å². The van der Waals surface area contributed by atoms with Gasteiger partial charge in [0, 0.05) is 24.3 Å². The lowest BCUT2D eigenvalue weighted by atomic mass is 9.96. The molecule has 1 heterocycles. The molecule has 0 radical (unpaired) electrons. The first-order chi connectivity index (χ1) is 13.0. The van der Waals surface area contributed by atoms with E-state index in [1.54, 1.807) is 11.8 Å². The van der Waals surface area contributed by atoms with Crippen LogP contribution in [-0.4, -0.2) is 31.3 Å². The summed E-state index contributed by atoms with van der Waals surface area (Å²) in [6, 6.07) is 8.14. The molecule has 0 fully saturated rings. The second-order valence-corrected chi connectivity index (χ2v) is 8.16. The number of benzene rings is 2. The van der Waals surface area contributed by atoms with E-state index in [2.05, 4.69) is 0 Å². The highest BCUT2D eigenvalue weighted by Gasteiger charge is 2.46. The van der Waals surface area contributed by atoms with Crippen LogP contribution in [0.2, 0.25) is 0 Å². The van der Waals surface area contributed by atoms with Crippen molar-refractivity contribution in [3.05, 3.63) is 64.5 Å². The van der Waals surface area contributed by atoms with Gasteiger partial charge in [0.15, 0.2) is 0 Å². The molecule has 0 spiro atoms. The Morgan fingerprint density at radius 3 is 2.39 bits per heavy atom. The highest BCUT2D eigenvalue weighted by molar-refractivity contribution is 7.93. The third-order valence-electron chi connectivity index (χ3n) is 4.44. The van der Waals surface area contributed by atoms with Gasteiger partial charge in [-0.3, -0.25) is 9.52 Å². The van der Waals surface area contributed by atoms with Crippen molar-refractivity contribution in [3.8, 4) is 0 Å². The maximum atomic E-state index is 13.7. The Morgan fingerprint density at radius 1 is 1.14 bits per heavy atom. The monoisotopic (exact) mass is 416 g/mol. The summed E-state index contributed by atoms with van der Waals surface area (Å²) in [6.45, 7) is 2.14. The molecule has 0 atom stereocenters. The van der Waals surface area contributed by atoms with Crippen molar-refractivity contribution in [1.29, 1.82) is 0 Å². The summed E-state index contributed by atoms with van der Waals surface area (Å²) < 4.78 is 74.6. The summed E-state index contributed by atoms with van der Waals surface area (Å²) in [5.74, 6) is -0.622. The van der Waals surface area contributed by atoms with Crippen LogP contribution in [0.3, 0.4) is 0 Å². The van der Waals surface area contributed by atoms with Crippen molar-refractivity contribution in [3.63, 3.8) is 0 Å². The molecule has 1 amide bonds. The number of sulfonamides is 1. The molecule has 1 N–H and O–H groups in total. The van der Waals surface area contributed by atoms with Crippen LogP contribution in [0.4, 0.5) is 23.2 Å². The number of nitrogens with one attached hydrogen (secondary N) is 1. The topological polar surface area (TPSA) is 66.5 Å². The number of hydrogen-bond donors (Lipinski definition) is 1. The zero-order valence-corrected chi connectivity index (χ0v) is 15.5.